The number of nitrogens with zero attached hydrogens (tertiary/aromatic N) is 1. The molecule has 2 N–H and O–H groups in total. The first-order valence-corrected chi connectivity index (χ1v) is 8.07. The Bertz CT molecular complexity index is 721. The lowest BCUT2D eigenvalue weighted by Crippen LogP contribution is -2.23. The van der Waals surface area contributed by atoms with Gasteiger partial charge in [-0.05, 0) is 56.4 Å². The van der Waals surface area contributed by atoms with E-state index in [1.165, 1.54) is 18.4 Å². The summed E-state index contributed by atoms with van der Waals surface area (Å²) in [6.07, 6.45) is 1.92. The molecule has 0 aliphatic heterocycles. The van der Waals surface area contributed by atoms with Crippen LogP contribution in [-0.4, -0.2) is 16.0 Å². The van der Waals surface area contributed by atoms with Crippen LogP contribution in [0.3, 0.4) is 0 Å². The summed E-state index contributed by atoms with van der Waals surface area (Å²) in [7, 11) is 0. The van der Waals surface area contributed by atoms with Gasteiger partial charge in [0.15, 0.2) is 0 Å². The second kappa shape index (κ2) is 6.50. The molecule has 1 unspecified atom stereocenters. The Balaban J connectivity index is 1.64. The third-order valence-corrected chi connectivity index (χ3v) is 4.26. The topological polar surface area (TPSA) is 62.2 Å². The number of rotatable bonds is 5. The molecular formula is C19H22N2O2. The van der Waals surface area contributed by atoms with Crippen LogP contribution >= 0.6 is 0 Å². The Kier molecular flexibility index (Phi) is 4.44. The molecule has 0 radical (unpaired) electrons. The molecule has 23 heavy (non-hydrogen) atoms. The molecule has 4 heteroatoms. The number of hydrogen-bond donors (Lipinski definition) is 2. The summed E-state index contributed by atoms with van der Waals surface area (Å²) in [5.41, 5.74) is 4.36. The van der Waals surface area contributed by atoms with Gasteiger partial charge in [0.05, 0.1) is 18.3 Å². The Hall–Kier alpha value is -2.20. The van der Waals surface area contributed by atoms with E-state index < -0.39 is 6.10 Å². The average molecular weight is 310 g/mol. The summed E-state index contributed by atoms with van der Waals surface area (Å²) in [5, 5.41) is 12.5. The molecule has 1 aromatic heterocycles. The number of aryl methyl sites for hydroxylation is 1. The number of carbonyl (C=O) groups is 1. The third kappa shape index (κ3) is 3.77. The van der Waals surface area contributed by atoms with Crippen LogP contribution in [0.25, 0.3) is 0 Å². The van der Waals surface area contributed by atoms with Crippen LogP contribution in [0, 0.1) is 6.92 Å². The molecule has 1 amide bonds. The standard InChI is InChI=1S/C19H22N2O2/c1-12-18(13(2)22)9-8-17(21-12)11-20-19(23)16-5-3-4-15(10-16)14-6-7-14/h3-5,8-10,13-14,22H,6-7,11H2,1-2H3,(H,20,23). The molecule has 4 nitrogen and oxygen atoms in total. The van der Waals surface area contributed by atoms with Gasteiger partial charge >= 0.3 is 0 Å². The Labute approximate surface area is 136 Å². The molecule has 1 heterocycles. The maximum absolute atomic E-state index is 12.3. The van der Waals surface area contributed by atoms with Gasteiger partial charge in [0.2, 0.25) is 0 Å². The van der Waals surface area contributed by atoms with Crippen molar-refractivity contribution in [2.24, 2.45) is 0 Å². The van der Waals surface area contributed by atoms with Crippen molar-refractivity contribution in [3.8, 4) is 0 Å². The minimum Gasteiger partial charge on any atom is -0.389 e. The van der Waals surface area contributed by atoms with E-state index in [9.17, 15) is 9.90 Å². The molecule has 1 aliphatic rings. The van der Waals surface area contributed by atoms with E-state index in [1.807, 2.05) is 37.3 Å². The Morgan fingerprint density at radius 3 is 2.78 bits per heavy atom. The molecular weight excluding hydrogens is 288 g/mol. The van der Waals surface area contributed by atoms with Gasteiger partial charge in [-0.15, -0.1) is 0 Å². The molecule has 3 rings (SSSR count). The van der Waals surface area contributed by atoms with Crippen LogP contribution in [0.2, 0.25) is 0 Å². The highest BCUT2D eigenvalue weighted by Gasteiger charge is 2.23. The molecule has 1 fully saturated rings. The van der Waals surface area contributed by atoms with Crippen LogP contribution in [0.5, 0.6) is 0 Å². The van der Waals surface area contributed by atoms with Crippen molar-refractivity contribution >= 4 is 5.91 Å². The molecule has 0 spiro atoms. The van der Waals surface area contributed by atoms with Crippen LogP contribution in [-0.2, 0) is 6.54 Å². The highest BCUT2D eigenvalue weighted by atomic mass is 16.3. The molecule has 2 aromatic rings. The monoisotopic (exact) mass is 310 g/mol. The number of aliphatic hydroxyl groups excluding tert-OH is 1. The quantitative estimate of drug-likeness (QED) is 0.891. The van der Waals surface area contributed by atoms with Crippen molar-refractivity contribution in [1.29, 1.82) is 0 Å². The lowest BCUT2D eigenvalue weighted by molar-refractivity contribution is 0.0950. The predicted molar refractivity (Wildman–Crippen MR) is 89.2 cm³/mol. The number of pyridine rings is 1. The van der Waals surface area contributed by atoms with E-state index in [0.717, 1.165) is 17.0 Å². The number of benzene rings is 1. The highest BCUT2D eigenvalue weighted by Crippen LogP contribution is 2.40. The minimum atomic E-state index is -0.531. The van der Waals surface area contributed by atoms with Crippen molar-refractivity contribution in [1.82, 2.24) is 10.3 Å². The average Bonchev–Trinajstić information content (AvgIpc) is 3.37. The fraction of sp³-hybridized carbons (Fsp3) is 0.368. The summed E-state index contributed by atoms with van der Waals surface area (Å²) >= 11 is 0. The zero-order valence-electron chi connectivity index (χ0n) is 13.5. The molecule has 0 bridgehead atoms. The molecule has 0 saturated heterocycles. The summed E-state index contributed by atoms with van der Waals surface area (Å²) in [6.45, 7) is 3.97. The van der Waals surface area contributed by atoms with Crippen molar-refractivity contribution in [2.75, 3.05) is 0 Å². The number of carbonyl (C=O) groups excluding carboxylic acids is 1. The molecule has 1 atom stereocenters. The number of aromatic nitrogens is 1. The van der Waals surface area contributed by atoms with E-state index in [-0.39, 0.29) is 5.91 Å². The van der Waals surface area contributed by atoms with E-state index in [0.29, 0.717) is 18.0 Å². The first-order valence-electron chi connectivity index (χ1n) is 8.07. The van der Waals surface area contributed by atoms with Crippen molar-refractivity contribution in [2.45, 2.75) is 45.3 Å². The van der Waals surface area contributed by atoms with Crippen LogP contribution in [0.1, 0.15) is 64.7 Å². The molecule has 1 aromatic carbocycles. The second-order valence-electron chi connectivity index (χ2n) is 6.24. The van der Waals surface area contributed by atoms with E-state index in [1.54, 1.807) is 6.92 Å². The Morgan fingerprint density at radius 2 is 2.13 bits per heavy atom. The van der Waals surface area contributed by atoms with Gasteiger partial charge < -0.3 is 10.4 Å². The van der Waals surface area contributed by atoms with E-state index >= 15 is 0 Å². The largest absolute Gasteiger partial charge is 0.389 e. The summed E-state index contributed by atoms with van der Waals surface area (Å²) in [4.78, 5) is 16.7. The first kappa shape index (κ1) is 15.7. The number of hydrogen-bond acceptors (Lipinski definition) is 3. The van der Waals surface area contributed by atoms with Crippen LogP contribution < -0.4 is 5.32 Å². The number of amides is 1. The van der Waals surface area contributed by atoms with Crippen molar-refractivity contribution < 1.29 is 9.90 Å². The lowest BCUT2D eigenvalue weighted by atomic mass is 10.1. The van der Waals surface area contributed by atoms with Gasteiger partial charge in [-0.1, -0.05) is 18.2 Å². The fourth-order valence-corrected chi connectivity index (χ4v) is 2.79. The minimum absolute atomic E-state index is 0.0773. The van der Waals surface area contributed by atoms with Gasteiger partial charge in [-0.3, -0.25) is 9.78 Å². The maximum atomic E-state index is 12.3. The zero-order valence-corrected chi connectivity index (χ0v) is 13.5. The van der Waals surface area contributed by atoms with Gasteiger partial charge in [-0.2, -0.15) is 0 Å². The fourth-order valence-electron chi connectivity index (χ4n) is 2.79. The first-order chi connectivity index (χ1) is 11.0. The van der Waals surface area contributed by atoms with Gasteiger partial charge in [0, 0.05) is 16.8 Å². The normalized spacial score (nSPS) is 15.3. The summed E-state index contributed by atoms with van der Waals surface area (Å²) < 4.78 is 0. The van der Waals surface area contributed by atoms with Crippen molar-refractivity contribution in [3.63, 3.8) is 0 Å². The van der Waals surface area contributed by atoms with E-state index in [2.05, 4.69) is 16.4 Å². The molecule has 120 valence electrons. The zero-order chi connectivity index (χ0) is 16.4. The predicted octanol–water partition coefficient (Wildman–Crippen LogP) is 3.25. The number of nitrogens with one attached hydrogen (secondary N) is 1. The van der Waals surface area contributed by atoms with Gasteiger partial charge in [0.1, 0.15) is 0 Å². The van der Waals surface area contributed by atoms with E-state index in [4.69, 9.17) is 0 Å². The second-order valence-corrected chi connectivity index (χ2v) is 6.24. The van der Waals surface area contributed by atoms with Crippen molar-refractivity contribution in [3.05, 3.63) is 64.5 Å². The maximum Gasteiger partial charge on any atom is 0.251 e. The molecule has 1 saturated carbocycles. The van der Waals surface area contributed by atoms with Crippen LogP contribution in [0.4, 0.5) is 0 Å². The molecule has 1 aliphatic carbocycles. The van der Waals surface area contributed by atoms with Gasteiger partial charge in [0.25, 0.3) is 5.91 Å². The van der Waals surface area contributed by atoms with Crippen LogP contribution in [0.15, 0.2) is 36.4 Å². The summed E-state index contributed by atoms with van der Waals surface area (Å²) in [5.74, 6) is 0.562. The lowest BCUT2D eigenvalue weighted by Gasteiger charge is -2.11. The third-order valence-electron chi connectivity index (χ3n) is 4.26. The SMILES string of the molecule is Cc1nc(CNC(=O)c2cccc(C3CC3)c2)ccc1C(C)O. The smallest absolute Gasteiger partial charge is 0.251 e. The number of aliphatic hydroxyl groups is 1. The summed E-state index contributed by atoms with van der Waals surface area (Å²) in [6, 6.07) is 11.6. The van der Waals surface area contributed by atoms with Gasteiger partial charge in [-0.25, -0.2) is 0 Å². The Morgan fingerprint density at radius 1 is 1.35 bits per heavy atom. The highest BCUT2D eigenvalue weighted by molar-refractivity contribution is 5.94.